The zero-order valence-corrected chi connectivity index (χ0v) is 8.31. The van der Waals surface area contributed by atoms with Crippen LogP contribution in [0.4, 0.5) is 26.3 Å². The third-order valence-electron chi connectivity index (χ3n) is 2.06. The van der Waals surface area contributed by atoms with E-state index in [-0.39, 0.29) is 5.56 Å². The monoisotopic (exact) mass is 258 g/mol. The molecule has 0 aliphatic rings. The molecule has 0 aliphatic heterocycles. The van der Waals surface area contributed by atoms with Crippen LogP contribution in [0, 0.1) is 0 Å². The van der Waals surface area contributed by atoms with Crippen LogP contribution in [-0.2, 0) is 12.6 Å². The Morgan fingerprint density at radius 3 is 2.12 bits per heavy atom. The maximum Gasteiger partial charge on any atom is 0.416 e. The van der Waals surface area contributed by atoms with E-state index < -0.39 is 30.4 Å². The SMILES string of the molecule is O[C@@H](Cc1cccc(C(F)(F)F)c1)C(F)(F)F. The Morgan fingerprint density at radius 2 is 1.65 bits per heavy atom. The Morgan fingerprint density at radius 1 is 1.06 bits per heavy atom. The zero-order chi connectivity index (χ0) is 13.3. The maximum atomic E-state index is 12.3. The minimum absolute atomic E-state index is 0.218. The fourth-order valence-electron chi connectivity index (χ4n) is 1.21. The third-order valence-corrected chi connectivity index (χ3v) is 2.06. The van der Waals surface area contributed by atoms with Gasteiger partial charge >= 0.3 is 12.4 Å². The van der Waals surface area contributed by atoms with Crippen LogP contribution in [-0.4, -0.2) is 17.4 Å². The Hall–Kier alpha value is -1.24. The molecule has 0 saturated carbocycles. The lowest BCUT2D eigenvalue weighted by Crippen LogP contribution is -2.30. The van der Waals surface area contributed by atoms with Crippen molar-refractivity contribution >= 4 is 0 Å². The maximum absolute atomic E-state index is 12.3. The van der Waals surface area contributed by atoms with Gasteiger partial charge in [0.05, 0.1) is 5.56 Å². The second kappa shape index (κ2) is 4.56. The number of halogens is 6. The van der Waals surface area contributed by atoms with Crippen LogP contribution in [0.5, 0.6) is 0 Å². The summed E-state index contributed by atoms with van der Waals surface area (Å²) in [5.74, 6) is 0. The molecule has 0 radical (unpaired) electrons. The topological polar surface area (TPSA) is 20.2 Å². The quantitative estimate of drug-likeness (QED) is 0.808. The fraction of sp³-hybridized carbons (Fsp3) is 0.400. The predicted molar refractivity (Wildman–Crippen MR) is 47.2 cm³/mol. The first-order chi connectivity index (χ1) is 7.60. The van der Waals surface area contributed by atoms with Gasteiger partial charge in [0, 0.05) is 6.42 Å². The molecular weight excluding hydrogens is 250 g/mol. The van der Waals surface area contributed by atoms with Gasteiger partial charge in [0.1, 0.15) is 0 Å². The van der Waals surface area contributed by atoms with Gasteiger partial charge in [-0.1, -0.05) is 18.2 Å². The largest absolute Gasteiger partial charge is 0.416 e. The summed E-state index contributed by atoms with van der Waals surface area (Å²) in [7, 11) is 0. The van der Waals surface area contributed by atoms with Gasteiger partial charge in [-0.15, -0.1) is 0 Å². The van der Waals surface area contributed by atoms with Gasteiger partial charge in [-0.25, -0.2) is 0 Å². The van der Waals surface area contributed by atoms with Crippen molar-refractivity contribution in [3.05, 3.63) is 35.4 Å². The van der Waals surface area contributed by atoms with Crippen LogP contribution in [0.1, 0.15) is 11.1 Å². The Bertz CT molecular complexity index is 381. The highest BCUT2D eigenvalue weighted by molar-refractivity contribution is 5.26. The van der Waals surface area contributed by atoms with E-state index in [1.54, 1.807) is 0 Å². The molecule has 0 fully saturated rings. The Labute approximate surface area is 92.7 Å². The number of hydrogen-bond donors (Lipinski definition) is 1. The van der Waals surface area contributed by atoms with Crippen molar-refractivity contribution in [2.75, 3.05) is 0 Å². The predicted octanol–water partition coefficient (Wildman–Crippen LogP) is 3.17. The van der Waals surface area contributed by atoms with Crippen molar-refractivity contribution in [2.45, 2.75) is 24.9 Å². The van der Waals surface area contributed by atoms with Gasteiger partial charge in [0.15, 0.2) is 6.10 Å². The molecule has 0 spiro atoms. The van der Waals surface area contributed by atoms with Crippen LogP contribution in [0.2, 0.25) is 0 Å². The Balaban J connectivity index is 2.87. The van der Waals surface area contributed by atoms with Crippen molar-refractivity contribution in [3.63, 3.8) is 0 Å². The summed E-state index contributed by atoms with van der Waals surface area (Å²) < 4.78 is 72.8. The molecule has 0 saturated heterocycles. The lowest BCUT2D eigenvalue weighted by Gasteiger charge is -2.15. The number of hydrogen-bond acceptors (Lipinski definition) is 1. The molecule has 0 aliphatic carbocycles. The number of aliphatic hydroxyl groups excluding tert-OH is 1. The first-order valence-corrected chi connectivity index (χ1v) is 4.51. The normalized spacial score (nSPS) is 14.8. The molecule has 1 atom stereocenters. The van der Waals surface area contributed by atoms with E-state index in [4.69, 9.17) is 5.11 Å². The standard InChI is InChI=1S/C10H8F6O/c11-9(12,13)7-3-1-2-6(4-7)5-8(17)10(14,15)16/h1-4,8,17H,5H2/t8-/m0/s1. The molecule has 1 nitrogen and oxygen atoms in total. The van der Waals surface area contributed by atoms with E-state index >= 15 is 0 Å². The van der Waals surface area contributed by atoms with E-state index in [1.165, 1.54) is 0 Å². The summed E-state index contributed by atoms with van der Waals surface area (Å²) in [5.41, 5.74) is -1.26. The fourth-order valence-corrected chi connectivity index (χ4v) is 1.21. The molecule has 0 unspecified atom stereocenters. The van der Waals surface area contributed by atoms with Crippen molar-refractivity contribution in [3.8, 4) is 0 Å². The molecule has 0 amide bonds. The molecule has 17 heavy (non-hydrogen) atoms. The molecule has 1 rings (SSSR count). The summed E-state index contributed by atoms with van der Waals surface area (Å²) in [6.07, 6.45) is -13.0. The molecule has 1 N–H and O–H groups in total. The lowest BCUT2D eigenvalue weighted by molar-refractivity contribution is -0.203. The van der Waals surface area contributed by atoms with Crippen LogP contribution >= 0.6 is 0 Å². The second-order valence-electron chi connectivity index (χ2n) is 3.46. The highest BCUT2D eigenvalue weighted by Crippen LogP contribution is 2.30. The lowest BCUT2D eigenvalue weighted by atomic mass is 10.0. The van der Waals surface area contributed by atoms with Crippen LogP contribution < -0.4 is 0 Å². The Kier molecular flexibility index (Phi) is 3.71. The van der Waals surface area contributed by atoms with Gasteiger partial charge in [0.25, 0.3) is 0 Å². The summed E-state index contributed by atoms with van der Waals surface area (Å²) in [4.78, 5) is 0. The van der Waals surface area contributed by atoms with Crippen LogP contribution in [0.15, 0.2) is 24.3 Å². The second-order valence-corrected chi connectivity index (χ2v) is 3.46. The van der Waals surface area contributed by atoms with E-state index in [0.717, 1.165) is 18.2 Å². The summed E-state index contributed by atoms with van der Waals surface area (Å²) >= 11 is 0. The summed E-state index contributed by atoms with van der Waals surface area (Å²) in [6.45, 7) is 0. The highest BCUT2D eigenvalue weighted by atomic mass is 19.4. The van der Waals surface area contributed by atoms with Crippen LogP contribution in [0.3, 0.4) is 0 Å². The minimum atomic E-state index is -4.84. The number of benzene rings is 1. The average Bonchev–Trinajstić information content (AvgIpc) is 2.15. The summed E-state index contributed by atoms with van der Waals surface area (Å²) in [6, 6.07) is 3.45. The van der Waals surface area contributed by atoms with Gasteiger partial charge < -0.3 is 5.11 Å². The van der Waals surface area contributed by atoms with E-state index in [2.05, 4.69) is 0 Å². The third kappa shape index (κ3) is 3.92. The molecule has 0 bridgehead atoms. The van der Waals surface area contributed by atoms with Gasteiger partial charge in [-0.3, -0.25) is 0 Å². The first kappa shape index (κ1) is 13.8. The minimum Gasteiger partial charge on any atom is -0.383 e. The van der Waals surface area contributed by atoms with E-state index in [1.807, 2.05) is 0 Å². The number of alkyl halides is 6. The smallest absolute Gasteiger partial charge is 0.383 e. The molecule has 0 heterocycles. The average molecular weight is 258 g/mol. The van der Waals surface area contributed by atoms with E-state index in [9.17, 15) is 26.3 Å². The molecular formula is C10H8F6O. The van der Waals surface area contributed by atoms with Crippen molar-refractivity contribution in [2.24, 2.45) is 0 Å². The molecule has 0 aromatic heterocycles. The van der Waals surface area contributed by atoms with Gasteiger partial charge in [-0.05, 0) is 11.6 Å². The van der Waals surface area contributed by atoms with E-state index in [0.29, 0.717) is 6.07 Å². The molecule has 1 aromatic rings. The van der Waals surface area contributed by atoms with Gasteiger partial charge in [-0.2, -0.15) is 26.3 Å². The number of aliphatic hydroxyl groups is 1. The van der Waals surface area contributed by atoms with Crippen molar-refractivity contribution in [1.29, 1.82) is 0 Å². The highest BCUT2D eigenvalue weighted by Gasteiger charge is 2.38. The van der Waals surface area contributed by atoms with Crippen molar-refractivity contribution < 1.29 is 31.4 Å². The van der Waals surface area contributed by atoms with Crippen molar-refractivity contribution in [1.82, 2.24) is 0 Å². The molecule has 1 aromatic carbocycles. The molecule has 96 valence electrons. The summed E-state index contributed by atoms with van der Waals surface area (Å²) in [5, 5.41) is 8.73. The first-order valence-electron chi connectivity index (χ1n) is 4.51. The zero-order valence-electron chi connectivity index (χ0n) is 8.31. The molecule has 7 heteroatoms. The number of rotatable bonds is 2. The van der Waals surface area contributed by atoms with Crippen LogP contribution in [0.25, 0.3) is 0 Å². The van der Waals surface area contributed by atoms with Gasteiger partial charge in [0.2, 0.25) is 0 Å².